The standard InChI is InChI=1S/C25H28N4O4/c1-17-15-21(17)22-9-7-20(32-22)8-10-24(30)29-13-11-28(12-14-29)16-23-26-25(27-33-23)18-3-5-19(31-2)6-4-18/h3-10,17,21H,11-16H2,1-2H3/b10-8+. The third-order valence-corrected chi connectivity index (χ3v) is 6.37. The Kier molecular flexibility index (Phi) is 6.00. The van der Waals surface area contributed by atoms with E-state index in [1.165, 1.54) is 6.42 Å². The molecule has 1 aliphatic heterocycles. The molecular weight excluding hydrogens is 420 g/mol. The van der Waals surface area contributed by atoms with E-state index in [4.69, 9.17) is 13.7 Å². The minimum absolute atomic E-state index is 0.00646. The molecule has 2 aromatic heterocycles. The van der Waals surface area contributed by atoms with E-state index in [9.17, 15) is 4.79 Å². The third kappa shape index (κ3) is 5.01. The Morgan fingerprint density at radius 3 is 2.61 bits per heavy atom. The van der Waals surface area contributed by atoms with Gasteiger partial charge in [-0.15, -0.1) is 0 Å². The largest absolute Gasteiger partial charge is 0.497 e. The van der Waals surface area contributed by atoms with Gasteiger partial charge in [-0.25, -0.2) is 0 Å². The van der Waals surface area contributed by atoms with Crippen LogP contribution in [0, 0.1) is 5.92 Å². The van der Waals surface area contributed by atoms with E-state index in [-0.39, 0.29) is 5.91 Å². The summed E-state index contributed by atoms with van der Waals surface area (Å²) in [6.07, 6.45) is 4.56. The van der Waals surface area contributed by atoms with Gasteiger partial charge in [0.05, 0.1) is 13.7 Å². The van der Waals surface area contributed by atoms with Crippen LogP contribution in [0.3, 0.4) is 0 Å². The first-order chi connectivity index (χ1) is 16.1. The molecule has 2 unspecified atom stereocenters. The van der Waals surface area contributed by atoms with Crippen molar-refractivity contribution in [2.24, 2.45) is 5.92 Å². The lowest BCUT2D eigenvalue weighted by Crippen LogP contribution is -2.47. The Morgan fingerprint density at radius 2 is 1.91 bits per heavy atom. The zero-order chi connectivity index (χ0) is 22.8. The molecule has 1 saturated carbocycles. The van der Waals surface area contributed by atoms with Crippen molar-refractivity contribution in [3.8, 4) is 17.1 Å². The Bertz CT molecular complexity index is 1130. The number of amides is 1. The summed E-state index contributed by atoms with van der Waals surface area (Å²) >= 11 is 0. The molecule has 0 spiro atoms. The molecule has 0 bridgehead atoms. The first-order valence-corrected chi connectivity index (χ1v) is 11.3. The molecule has 8 heteroatoms. The number of nitrogens with zero attached hydrogens (tertiary/aromatic N) is 4. The summed E-state index contributed by atoms with van der Waals surface area (Å²) in [5.74, 6) is 4.93. The van der Waals surface area contributed by atoms with Gasteiger partial charge in [-0.3, -0.25) is 9.69 Å². The average molecular weight is 449 g/mol. The minimum Gasteiger partial charge on any atom is -0.497 e. The van der Waals surface area contributed by atoms with Crippen LogP contribution in [-0.4, -0.2) is 59.1 Å². The van der Waals surface area contributed by atoms with E-state index in [2.05, 4.69) is 22.0 Å². The Morgan fingerprint density at radius 1 is 1.15 bits per heavy atom. The van der Waals surface area contributed by atoms with Gasteiger partial charge in [-0.2, -0.15) is 4.98 Å². The quantitative estimate of drug-likeness (QED) is 0.508. The maximum atomic E-state index is 12.6. The number of aromatic nitrogens is 2. The van der Waals surface area contributed by atoms with Gasteiger partial charge < -0.3 is 18.6 Å². The number of rotatable bonds is 7. The summed E-state index contributed by atoms with van der Waals surface area (Å²) in [6, 6.07) is 11.5. The molecule has 2 fully saturated rings. The van der Waals surface area contributed by atoms with Crippen molar-refractivity contribution < 1.29 is 18.5 Å². The SMILES string of the molecule is COc1ccc(-c2noc(CN3CCN(C(=O)/C=C/c4ccc(C5CC5C)o4)CC3)n2)cc1. The maximum absolute atomic E-state index is 12.6. The van der Waals surface area contributed by atoms with Crippen LogP contribution in [0.4, 0.5) is 0 Å². The first kappa shape index (κ1) is 21.5. The highest BCUT2D eigenvalue weighted by molar-refractivity contribution is 5.91. The molecule has 0 radical (unpaired) electrons. The van der Waals surface area contributed by atoms with Gasteiger partial charge in [0.2, 0.25) is 17.6 Å². The number of carbonyl (C=O) groups excluding carboxylic acids is 1. The van der Waals surface area contributed by atoms with Gasteiger partial charge in [0.15, 0.2) is 0 Å². The number of carbonyl (C=O) groups is 1. The summed E-state index contributed by atoms with van der Waals surface area (Å²) in [6.45, 7) is 5.62. The highest BCUT2D eigenvalue weighted by Gasteiger charge is 2.36. The molecule has 2 aliphatic rings. The number of hydrogen-bond acceptors (Lipinski definition) is 7. The van der Waals surface area contributed by atoms with Crippen molar-refractivity contribution in [2.45, 2.75) is 25.8 Å². The van der Waals surface area contributed by atoms with Crippen LogP contribution in [0.1, 0.15) is 36.7 Å². The molecular formula is C25H28N4O4. The maximum Gasteiger partial charge on any atom is 0.246 e. The van der Waals surface area contributed by atoms with Crippen molar-refractivity contribution in [1.29, 1.82) is 0 Å². The lowest BCUT2D eigenvalue weighted by molar-refractivity contribution is -0.127. The average Bonchev–Trinajstić information content (AvgIpc) is 3.21. The van der Waals surface area contributed by atoms with Crippen LogP contribution in [-0.2, 0) is 11.3 Å². The number of methoxy groups -OCH3 is 1. The van der Waals surface area contributed by atoms with Crippen LogP contribution in [0.5, 0.6) is 5.75 Å². The van der Waals surface area contributed by atoms with E-state index in [0.717, 1.165) is 35.9 Å². The van der Waals surface area contributed by atoms with Crippen LogP contribution in [0.25, 0.3) is 17.5 Å². The second-order valence-corrected chi connectivity index (χ2v) is 8.73. The summed E-state index contributed by atoms with van der Waals surface area (Å²) in [5, 5.41) is 4.09. The minimum atomic E-state index is 0.00646. The molecule has 172 valence electrons. The normalized spacial score (nSPS) is 21.0. The third-order valence-electron chi connectivity index (χ3n) is 6.37. The van der Waals surface area contributed by atoms with Crippen molar-refractivity contribution in [2.75, 3.05) is 33.3 Å². The molecule has 1 aromatic carbocycles. The molecule has 33 heavy (non-hydrogen) atoms. The topological polar surface area (TPSA) is 84.8 Å². The number of benzene rings is 1. The molecule has 3 heterocycles. The van der Waals surface area contributed by atoms with Crippen LogP contribution < -0.4 is 4.74 Å². The Labute approximate surface area is 192 Å². The summed E-state index contributed by atoms with van der Waals surface area (Å²) in [7, 11) is 1.63. The molecule has 3 aromatic rings. The first-order valence-electron chi connectivity index (χ1n) is 11.3. The fourth-order valence-corrected chi connectivity index (χ4v) is 4.13. The van der Waals surface area contributed by atoms with Gasteiger partial charge in [-0.1, -0.05) is 12.1 Å². The number of hydrogen-bond donors (Lipinski definition) is 0. The van der Waals surface area contributed by atoms with Gasteiger partial charge in [0, 0.05) is 43.7 Å². The molecule has 0 N–H and O–H groups in total. The van der Waals surface area contributed by atoms with Crippen molar-refractivity contribution in [3.05, 3.63) is 59.9 Å². The lowest BCUT2D eigenvalue weighted by Gasteiger charge is -2.33. The van der Waals surface area contributed by atoms with Gasteiger partial charge in [0.25, 0.3) is 0 Å². The highest BCUT2D eigenvalue weighted by atomic mass is 16.5. The molecule has 5 rings (SSSR count). The van der Waals surface area contributed by atoms with E-state index in [1.54, 1.807) is 19.3 Å². The zero-order valence-electron chi connectivity index (χ0n) is 18.9. The summed E-state index contributed by atoms with van der Waals surface area (Å²) < 4.78 is 16.5. The monoisotopic (exact) mass is 448 g/mol. The number of furan rings is 1. The zero-order valence-corrected chi connectivity index (χ0v) is 18.9. The molecule has 8 nitrogen and oxygen atoms in total. The smallest absolute Gasteiger partial charge is 0.246 e. The number of ether oxygens (including phenoxy) is 1. The Balaban J connectivity index is 1.10. The van der Waals surface area contributed by atoms with E-state index in [0.29, 0.717) is 43.2 Å². The number of piperazine rings is 1. The molecule has 1 amide bonds. The van der Waals surface area contributed by atoms with Gasteiger partial charge >= 0.3 is 0 Å². The lowest BCUT2D eigenvalue weighted by atomic mass is 10.2. The Hall–Kier alpha value is -3.39. The van der Waals surface area contributed by atoms with Gasteiger partial charge in [-0.05, 0) is 54.8 Å². The van der Waals surface area contributed by atoms with Gasteiger partial charge in [0.1, 0.15) is 17.3 Å². The second kappa shape index (κ2) is 9.23. The fourth-order valence-electron chi connectivity index (χ4n) is 4.13. The van der Waals surface area contributed by atoms with E-state index < -0.39 is 0 Å². The fraction of sp³-hybridized carbons (Fsp3) is 0.400. The predicted molar refractivity (Wildman–Crippen MR) is 122 cm³/mol. The van der Waals surface area contributed by atoms with Crippen LogP contribution in [0.15, 0.2) is 51.4 Å². The molecule has 1 saturated heterocycles. The summed E-state index contributed by atoms with van der Waals surface area (Å²) in [5.41, 5.74) is 0.878. The van der Waals surface area contributed by atoms with E-state index in [1.807, 2.05) is 41.3 Å². The van der Waals surface area contributed by atoms with Crippen LogP contribution >= 0.6 is 0 Å². The van der Waals surface area contributed by atoms with Crippen molar-refractivity contribution in [3.63, 3.8) is 0 Å². The second-order valence-electron chi connectivity index (χ2n) is 8.73. The van der Waals surface area contributed by atoms with Crippen molar-refractivity contribution >= 4 is 12.0 Å². The molecule has 2 atom stereocenters. The van der Waals surface area contributed by atoms with Crippen LogP contribution in [0.2, 0.25) is 0 Å². The molecule has 1 aliphatic carbocycles. The predicted octanol–water partition coefficient (Wildman–Crippen LogP) is 3.82. The highest BCUT2D eigenvalue weighted by Crippen LogP contribution is 2.47. The summed E-state index contributed by atoms with van der Waals surface area (Å²) in [4.78, 5) is 21.2. The van der Waals surface area contributed by atoms with Crippen molar-refractivity contribution in [1.82, 2.24) is 19.9 Å². The van der Waals surface area contributed by atoms with E-state index >= 15 is 0 Å².